The van der Waals surface area contributed by atoms with E-state index in [-0.39, 0.29) is 17.9 Å². The Morgan fingerprint density at radius 1 is 1.25 bits per heavy atom. The van der Waals surface area contributed by atoms with Crippen LogP contribution >= 0.6 is 28.1 Å². The van der Waals surface area contributed by atoms with Gasteiger partial charge in [0.2, 0.25) is 0 Å². The van der Waals surface area contributed by atoms with Gasteiger partial charge < -0.3 is 14.6 Å². The maximum absolute atomic E-state index is 14.4. The number of thiocarbonyl (C=S) groups is 1. The van der Waals surface area contributed by atoms with Crippen molar-refractivity contribution in [1.82, 2.24) is 15.2 Å². The maximum atomic E-state index is 14.4. The molecule has 0 aliphatic carbocycles. The zero-order valence-electron chi connectivity index (χ0n) is 15.2. The van der Waals surface area contributed by atoms with E-state index in [1.54, 1.807) is 18.3 Å². The summed E-state index contributed by atoms with van der Waals surface area (Å²) in [6.45, 7) is 2.90. The topological polar surface area (TPSA) is 41.3 Å². The summed E-state index contributed by atoms with van der Waals surface area (Å²) in [5, 5.41) is 4.05. The van der Waals surface area contributed by atoms with Crippen molar-refractivity contribution < 1.29 is 8.81 Å². The first-order valence-corrected chi connectivity index (χ1v) is 10.3. The van der Waals surface area contributed by atoms with Crippen molar-refractivity contribution in [3.8, 4) is 11.3 Å². The normalized spacial score (nSPS) is 19.1. The standard InChI is InChI=1S/C21H19BrFN3OS/c1-2-11-26-20(19(25-21(26)28)16-5-3-4-10-24-16)18-9-8-17(27-18)14-7-6-13(22)12-15(14)23/h3-10,12,19-20H,2,11H2,1H3,(H,25,28)/t19-,20-/m0/s1. The lowest BCUT2D eigenvalue weighted by molar-refractivity contribution is 0.275. The third kappa shape index (κ3) is 3.56. The van der Waals surface area contributed by atoms with Crippen LogP contribution in [0.2, 0.25) is 0 Å². The van der Waals surface area contributed by atoms with E-state index < -0.39 is 0 Å². The summed E-state index contributed by atoms with van der Waals surface area (Å²) < 4.78 is 21.2. The van der Waals surface area contributed by atoms with Crippen molar-refractivity contribution >= 4 is 33.3 Å². The van der Waals surface area contributed by atoms with Gasteiger partial charge in [-0.3, -0.25) is 4.98 Å². The molecule has 0 amide bonds. The van der Waals surface area contributed by atoms with Crippen LogP contribution in [0.1, 0.15) is 36.9 Å². The highest BCUT2D eigenvalue weighted by atomic mass is 79.9. The number of pyridine rings is 1. The van der Waals surface area contributed by atoms with Crippen molar-refractivity contribution in [1.29, 1.82) is 0 Å². The zero-order valence-corrected chi connectivity index (χ0v) is 17.6. The molecule has 0 radical (unpaired) electrons. The van der Waals surface area contributed by atoms with Gasteiger partial charge in [0, 0.05) is 17.2 Å². The molecule has 2 atom stereocenters. The van der Waals surface area contributed by atoms with Gasteiger partial charge in [0.25, 0.3) is 0 Å². The van der Waals surface area contributed by atoms with E-state index in [1.807, 2.05) is 30.3 Å². The quantitative estimate of drug-likeness (QED) is 0.501. The van der Waals surface area contributed by atoms with E-state index in [0.29, 0.717) is 20.9 Å². The summed E-state index contributed by atoms with van der Waals surface area (Å²) in [6, 6.07) is 14.2. The van der Waals surface area contributed by atoms with Crippen molar-refractivity contribution in [3.63, 3.8) is 0 Å². The Balaban J connectivity index is 1.73. The van der Waals surface area contributed by atoms with Gasteiger partial charge in [-0.1, -0.05) is 28.9 Å². The smallest absolute Gasteiger partial charge is 0.170 e. The lowest BCUT2D eigenvalue weighted by Crippen LogP contribution is -2.30. The minimum atomic E-state index is -0.331. The van der Waals surface area contributed by atoms with Gasteiger partial charge >= 0.3 is 0 Å². The SMILES string of the molecule is CCCN1C(=S)N[C@@H](c2ccccn2)[C@@H]1c1ccc(-c2ccc(Br)cc2F)o1. The molecule has 3 heterocycles. The number of halogens is 2. The fourth-order valence-corrected chi connectivity index (χ4v) is 4.21. The maximum Gasteiger partial charge on any atom is 0.170 e. The fraction of sp³-hybridized carbons (Fsp3) is 0.238. The van der Waals surface area contributed by atoms with E-state index in [1.165, 1.54) is 6.07 Å². The number of hydrogen-bond donors (Lipinski definition) is 1. The van der Waals surface area contributed by atoms with Gasteiger partial charge in [-0.25, -0.2) is 4.39 Å². The summed E-state index contributed by atoms with van der Waals surface area (Å²) in [5.41, 5.74) is 1.32. The Bertz CT molecular complexity index is 994. The van der Waals surface area contributed by atoms with Gasteiger partial charge in [0.15, 0.2) is 5.11 Å². The summed E-state index contributed by atoms with van der Waals surface area (Å²) in [7, 11) is 0. The van der Waals surface area contributed by atoms with Crippen LogP contribution in [-0.2, 0) is 0 Å². The minimum Gasteiger partial charge on any atom is -0.459 e. The molecular formula is C21H19BrFN3OS. The largest absolute Gasteiger partial charge is 0.459 e. The summed E-state index contributed by atoms with van der Waals surface area (Å²) in [5.74, 6) is 0.893. The lowest BCUT2D eigenvalue weighted by atomic mass is 10.0. The molecule has 1 saturated heterocycles. The predicted molar refractivity (Wildman–Crippen MR) is 114 cm³/mol. The highest BCUT2D eigenvalue weighted by Crippen LogP contribution is 2.40. The van der Waals surface area contributed by atoms with Gasteiger partial charge in [-0.15, -0.1) is 0 Å². The van der Waals surface area contributed by atoms with Crippen LogP contribution < -0.4 is 5.32 Å². The molecule has 0 unspecified atom stereocenters. The second kappa shape index (κ2) is 8.01. The van der Waals surface area contributed by atoms with E-state index in [9.17, 15) is 4.39 Å². The number of furan rings is 1. The average molecular weight is 460 g/mol. The highest BCUT2D eigenvalue weighted by molar-refractivity contribution is 9.10. The number of nitrogens with one attached hydrogen (secondary N) is 1. The molecule has 28 heavy (non-hydrogen) atoms. The number of benzene rings is 1. The Labute approximate surface area is 176 Å². The van der Waals surface area contributed by atoms with Crippen molar-refractivity contribution in [3.05, 3.63) is 76.5 Å². The van der Waals surface area contributed by atoms with E-state index in [0.717, 1.165) is 24.4 Å². The number of hydrogen-bond acceptors (Lipinski definition) is 3. The second-order valence-corrected chi connectivity index (χ2v) is 7.95. The number of aromatic nitrogens is 1. The first-order valence-electron chi connectivity index (χ1n) is 9.11. The summed E-state index contributed by atoms with van der Waals surface area (Å²) in [4.78, 5) is 6.62. The molecule has 0 spiro atoms. The molecule has 3 aromatic rings. The molecule has 1 aliphatic heterocycles. The Morgan fingerprint density at radius 2 is 2.11 bits per heavy atom. The molecule has 1 N–H and O–H groups in total. The van der Waals surface area contributed by atoms with Crippen molar-refractivity contribution in [2.24, 2.45) is 0 Å². The number of nitrogens with zero attached hydrogens (tertiary/aromatic N) is 2. The molecule has 0 bridgehead atoms. The molecule has 1 aliphatic rings. The summed E-state index contributed by atoms with van der Waals surface area (Å²) >= 11 is 8.86. The van der Waals surface area contributed by atoms with E-state index in [4.69, 9.17) is 16.6 Å². The lowest BCUT2D eigenvalue weighted by Gasteiger charge is -2.25. The molecule has 7 heteroatoms. The predicted octanol–water partition coefficient (Wildman–Crippen LogP) is 5.63. The molecule has 1 aromatic carbocycles. The monoisotopic (exact) mass is 459 g/mol. The molecule has 4 nitrogen and oxygen atoms in total. The zero-order chi connectivity index (χ0) is 19.7. The number of rotatable bonds is 5. The van der Waals surface area contributed by atoms with E-state index >= 15 is 0 Å². The van der Waals surface area contributed by atoms with Crippen LogP contribution in [0.3, 0.4) is 0 Å². The summed E-state index contributed by atoms with van der Waals surface area (Å²) in [6.07, 6.45) is 2.71. The fourth-order valence-electron chi connectivity index (χ4n) is 3.54. The second-order valence-electron chi connectivity index (χ2n) is 6.65. The Morgan fingerprint density at radius 3 is 2.82 bits per heavy atom. The van der Waals surface area contributed by atoms with Gasteiger partial charge in [-0.05, 0) is 61.1 Å². The molecule has 4 rings (SSSR count). The highest BCUT2D eigenvalue weighted by Gasteiger charge is 2.41. The van der Waals surface area contributed by atoms with Gasteiger partial charge in [0.05, 0.1) is 17.3 Å². The van der Waals surface area contributed by atoms with Crippen LogP contribution in [0.5, 0.6) is 0 Å². The van der Waals surface area contributed by atoms with Crippen molar-refractivity contribution in [2.75, 3.05) is 6.54 Å². The molecule has 2 aromatic heterocycles. The van der Waals surface area contributed by atoms with Crippen LogP contribution in [0, 0.1) is 5.82 Å². The Hall–Kier alpha value is -2.25. The molecule has 1 fully saturated rings. The minimum absolute atomic E-state index is 0.131. The van der Waals surface area contributed by atoms with Crippen LogP contribution in [0.15, 0.2) is 63.6 Å². The van der Waals surface area contributed by atoms with Crippen molar-refractivity contribution in [2.45, 2.75) is 25.4 Å². The first kappa shape index (κ1) is 19.1. The van der Waals surface area contributed by atoms with Crippen LogP contribution in [-0.4, -0.2) is 21.5 Å². The van der Waals surface area contributed by atoms with Crippen LogP contribution in [0.4, 0.5) is 4.39 Å². The Kier molecular flexibility index (Phi) is 5.46. The third-order valence-corrected chi connectivity index (χ3v) is 5.62. The first-order chi connectivity index (χ1) is 13.6. The molecule has 144 valence electrons. The third-order valence-electron chi connectivity index (χ3n) is 4.78. The average Bonchev–Trinajstić information content (AvgIpc) is 3.28. The van der Waals surface area contributed by atoms with Gasteiger partial charge in [-0.2, -0.15) is 0 Å². The van der Waals surface area contributed by atoms with E-state index in [2.05, 4.69) is 38.1 Å². The van der Waals surface area contributed by atoms with Gasteiger partial charge in [0.1, 0.15) is 23.4 Å². The molecular weight excluding hydrogens is 441 g/mol. The molecule has 0 saturated carbocycles. The van der Waals surface area contributed by atoms with Crippen LogP contribution in [0.25, 0.3) is 11.3 Å².